The zero-order valence-corrected chi connectivity index (χ0v) is 9.95. The van der Waals surface area contributed by atoms with Crippen molar-refractivity contribution in [1.29, 1.82) is 0 Å². The summed E-state index contributed by atoms with van der Waals surface area (Å²) in [4.78, 5) is 3.21. The lowest BCUT2D eigenvalue weighted by Gasteiger charge is -2.28. The van der Waals surface area contributed by atoms with Crippen LogP contribution in [-0.2, 0) is 0 Å². The molecule has 1 aromatic heterocycles. The Hall–Kier alpha value is -1.48. The van der Waals surface area contributed by atoms with E-state index in [1.807, 2.05) is 6.20 Å². The highest BCUT2D eigenvalue weighted by Gasteiger charge is 2.18. The Morgan fingerprint density at radius 3 is 3.06 bits per heavy atom. The third-order valence-corrected chi connectivity index (χ3v) is 3.64. The topological polar surface area (TPSA) is 53.8 Å². The number of fused-ring (bicyclic) bond motifs is 1. The minimum atomic E-state index is 0.372. The van der Waals surface area contributed by atoms with Gasteiger partial charge in [-0.3, -0.25) is 0 Å². The minimum absolute atomic E-state index is 0.372. The summed E-state index contributed by atoms with van der Waals surface area (Å²) in [6.07, 6.45) is 6.72. The molecule has 1 saturated carbocycles. The summed E-state index contributed by atoms with van der Waals surface area (Å²) < 4.78 is 0. The molecule has 0 bridgehead atoms. The molecule has 0 spiro atoms. The predicted octanol–water partition coefficient (Wildman–Crippen LogP) is 2.85. The Labute approximate surface area is 101 Å². The van der Waals surface area contributed by atoms with E-state index >= 15 is 0 Å². The number of hydrogen-bond donors (Lipinski definition) is 3. The van der Waals surface area contributed by atoms with Crippen LogP contribution < -0.4 is 11.1 Å². The lowest BCUT2D eigenvalue weighted by Crippen LogP contribution is -2.34. The van der Waals surface area contributed by atoms with Crippen molar-refractivity contribution < 1.29 is 0 Å². The predicted molar refractivity (Wildman–Crippen MR) is 72.2 cm³/mol. The molecule has 0 amide bonds. The van der Waals surface area contributed by atoms with Gasteiger partial charge in [0, 0.05) is 34.9 Å². The molecule has 1 aliphatic rings. The van der Waals surface area contributed by atoms with Gasteiger partial charge in [0.2, 0.25) is 0 Å². The maximum atomic E-state index is 6.01. The van der Waals surface area contributed by atoms with Crippen LogP contribution >= 0.6 is 0 Å². The van der Waals surface area contributed by atoms with Gasteiger partial charge in [0.15, 0.2) is 0 Å². The van der Waals surface area contributed by atoms with Crippen molar-refractivity contribution in [3.05, 3.63) is 30.5 Å². The van der Waals surface area contributed by atoms with Gasteiger partial charge >= 0.3 is 0 Å². The average molecular weight is 229 g/mol. The van der Waals surface area contributed by atoms with Crippen molar-refractivity contribution in [1.82, 2.24) is 4.98 Å². The number of nitrogens with two attached hydrogens (primary N) is 1. The van der Waals surface area contributed by atoms with Gasteiger partial charge in [-0.25, -0.2) is 0 Å². The molecule has 2 atom stereocenters. The molecule has 2 aromatic rings. The number of nitrogens with one attached hydrogen (secondary N) is 2. The summed E-state index contributed by atoms with van der Waals surface area (Å²) in [5.74, 6) is 0. The van der Waals surface area contributed by atoms with E-state index in [2.05, 4.69) is 34.6 Å². The summed E-state index contributed by atoms with van der Waals surface area (Å²) in [6.45, 7) is 0. The number of benzene rings is 1. The van der Waals surface area contributed by atoms with E-state index in [1.54, 1.807) is 0 Å². The maximum absolute atomic E-state index is 6.01. The molecule has 3 heteroatoms. The van der Waals surface area contributed by atoms with Crippen LogP contribution in [0, 0.1) is 0 Å². The highest BCUT2D eigenvalue weighted by atomic mass is 14.9. The van der Waals surface area contributed by atoms with Crippen molar-refractivity contribution in [3.63, 3.8) is 0 Å². The number of aromatic nitrogens is 1. The number of anilines is 1. The quantitative estimate of drug-likeness (QED) is 0.741. The fraction of sp³-hybridized carbons (Fsp3) is 0.429. The standard InChI is InChI=1S/C14H19N3/c15-11-2-1-3-12(9-11)17-13-4-5-14-10(8-13)6-7-16-14/h4-8,11-12,16-17H,1-3,9,15H2. The molecular weight excluding hydrogens is 210 g/mol. The minimum Gasteiger partial charge on any atom is -0.382 e. The molecule has 4 N–H and O–H groups in total. The van der Waals surface area contributed by atoms with Crippen LogP contribution in [0.25, 0.3) is 10.9 Å². The van der Waals surface area contributed by atoms with Crippen LogP contribution in [0.2, 0.25) is 0 Å². The molecule has 90 valence electrons. The van der Waals surface area contributed by atoms with E-state index in [9.17, 15) is 0 Å². The summed E-state index contributed by atoms with van der Waals surface area (Å²) >= 11 is 0. The highest BCUT2D eigenvalue weighted by Crippen LogP contribution is 2.23. The first kappa shape index (κ1) is 10.7. The normalized spacial score (nSPS) is 25.0. The van der Waals surface area contributed by atoms with Crippen molar-refractivity contribution in [2.45, 2.75) is 37.8 Å². The third-order valence-electron chi connectivity index (χ3n) is 3.64. The Balaban J connectivity index is 1.75. The molecule has 2 unspecified atom stereocenters. The van der Waals surface area contributed by atoms with Crippen molar-refractivity contribution in [2.75, 3.05) is 5.32 Å². The van der Waals surface area contributed by atoms with Crippen LogP contribution in [0.1, 0.15) is 25.7 Å². The maximum Gasteiger partial charge on any atom is 0.0455 e. The fourth-order valence-electron chi connectivity index (χ4n) is 2.74. The largest absolute Gasteiger partial charge is 0.382 e. The van der Waals surface area contributed by atoms with E-state index in [4.69, 9.17) is 5.73 Å². The van der Waals surface area contributed by atoms with E-state index in [1.165, 1.54) is 35.9 Å². The molecule has 3 nitrogen and oxygen atoms in total. The third kappa shape index (κ3) is 2.29. The molecular formula is C14H19N3. The second-order valence-corrected chi connectivity index (χ2v) is 5.05. The highest BCUT2D eigenvalue weighted by molar-refractivity contribution is 5.83. The van der Waals surface area contributed by atoms with Gasteiger partial charge in [-0.2, -0.15) is 0 Å². The summed E-state index contributed by atoms with van der Waals surface area (Å²) in [7, 11) is 0. The van der Waals surface area contributed by atoms with Gasteiger partial charge in [-0.15, -0.1) is 0 Å². The molecule has 1 aliphatic carbocycles. The Morgan fingerprint density at radius 2 is 2.18 bits per heavy atom. The van der Waals surface area contributed by atoms with Gasteiger partial charge in [0.25, 0.3) is 0 Å². The molecule has 1 fully saturated rings. The van der Waals surface area contributed by atoms with Crippen LogP contribution in [0.5, 0.6) is 0 Å². The van der Waals surface area contributed by atoms with E-state index < -0.39 is 0 Å². The van der Waals surface area contributed by atoms with Gasteiger partial charge in [0.05, 0.1) is 0 Å². The zero-order chi connectivity index (χ0) is 11.7. The second-order valence-electron chi connectivity index (χ2n) is 5.05. The van der Waals surface area contributed by atoms with Crippen molar-refractivity contribution in [3.8, 4) is 0 Å². The van der Waals surface area contributed by atoms with E-state index in [0.717, 1.165) is 6.42 Å². The lowest BCUT2D eigenvalue weighted by atomic mass is 9.91. The summed E-state index contributed by atoms with van der Waals surface area (Å²) in [5, 5.41) is 4.86. The van der Waals surface area contributed by atoms with Crippen LogP contribution in [0.4, 0.5) is 5.69 Å². The SMILES string of the molecule is NC1CCCC(Nc2ccc3[nH]ccc3c2)C1. The molecule has 3 rings (SSSR count). The Bertz CT molecular complexity index is 503. The summed E-state index contributed by atoms with van der Waals surface area (Å²) in [6, 6.07) is 9.48. The smallest absolute Gasteiger partial charge is 0.0455 e. The van der Waals surface area contributed by atoms with E-state index in [0.29, 0.717) is 12.1 Å². The van der Waals surface area contributed by atoms with Crippen molar-refractivity contribution >= 4 is 16.6 Å². The van der Waals surface area contributed by atoms with Crippen molar-refractivity contribution in [2.24, 2.45) is 5.73 Å². The van der Waals surface area contributed by atoms with Gasteiger partial charge in [-0.05, 0) is 49.9 Å². The lowest BCUT2D eigenvalue weighted by molar-refractivity contribution is 0.409. The first-order valence-corrected chi connectivity index (χ1v) is 6.40. The number of hydrogen-bond acceptors (Lipinski definition) is 2. The molecule has 1 aromatic carbocycles. The van der Waals surface area contributed by atoms with Crippen LogP contribution in [0.15, 0.2) is 30.5 Å². The fourth-order valence-corrected chi connectivity index (χ4v) is 2.74. The van der Waals surface area contributed by atoms with Crippen LogP contribution in [-0.4, -0.2) is 17.1 Å². The van der Waals surface area contributed by atoms with Gasteiger partial charge < -0.3 is 16.0 Å². The Kier molecular flexibility index (Phi) is 2.77. The molecule has 0 aliphatic heterocycles. The number of H-pyrrole nitrogens is 1. The number of aromatic amines is 1. The van der Waals surface area contributed by atoms with Crippen LogP contribution in [0.3, 0.4) is 0 Å². The molecule has 1 heterocycles. The number of rotatable bonds is 2. The molecule has 17 heavy (non-hydrogen) atoms. The molecule has 0 saturated heterocycles. The second kappa shape index (κ2) is 4.41. The Morgan fingerprint density at radius 1 is 1.24 bits per heavy atom. The van der Waals surface area contributed by atoms with E-state index in [-0.39, 0.29) is 0 Å². The molecule has 0 radical (unpaired) electrons. The zero-order valence-electron chi connectivity index (χ0n) is 9.95. The average Bonchev–Trinajstić information content (AvgIpc) is 2.76. The first-order valence-electron chi connectivity index (χ1n) is 6.40. The van der Waals surface area contributed by atoms with Gasteiger partial charge in [-0.1, -0.05) is 0 Å². The summed E-state index contributed by atoms with van der Waals surface area (Å²) in [5.41, 5.74) is 8.40. The van der Waals surface area contributed by atoms with Gasteiger partial charge in [0.1, 0.15) is 0 Å². The monoisotopic (exact) mass is 229 g/mol. The first-order chi connectivity index (χ1) is 8.31.